The summed E-state index contributed by atoms with van der Waals surface area (Å²) in [6.07, 6.45) is 0. The summed E-state index contributed by atoms with van der Waals surface area (Å²) in [6, 6.07) is 6.11. The predicted molar refractivity (Wildman–Crippen MR) is 85.1 cm³/mol. The van der Waals surface area contributed by atoms with Gasteiger partial charge in [0.15, 0.2) is 0 Å². The Morgan fingerprint density at radius 1 is 1.38 bits per heavy atom. The fraction of sp³-hybridized carbons (Fsp3) is 0.588. The van der Waals surface area contributed by atoms with E-state index < -0.39 is 11.5 Å². The second-order valence-electron chi connectivity index (χ2n) is 6.31. The molecule has 0 radical (unpaired) electrons. The minimum Gasteiger partial charge on any atom is -0.492 e. The average molecular weight is 293 g/mol. The van der Waals surface area contributed by atoms with Crippen molar-refractivity contribution in [2.75, 3.05) is 20.2 Å². The molecule has 1 aromatic rings. The summed E-state index contributed by atoms with van der Waals surface area (Å²) in [5.74, 6) is 0.502. The number of likely N-dealkylation sites (N-methyl/N-ethyl adjacent to an activating group) is 1. The maximum Gasteiger partial charge on any atom is 0.323 e. The fourth-order valence-electron chi connectivity index (χ4n) is 2.13. The third-order valence-corrected chi connectivity index (χ3v) is 4.04. The van der Waals surface area contributed by atoms with E-state index in [1.807, 2.05) is 12.1 Å². The van der Waals surface area contributed by atoms with E-state index in [0.29, 0.717) is 19.1 Å². The van der Waals surface area contributed by atoms with Gasteiger partial charge in [-0.3, -0.25) is 9.69 Å². The van der Waals surface area contributed by atoms with Crippen molar-refractivity contribution in [3.63, 3.8) is 0 Å². The van der Waals surface area contributed by atoms with E-state index in [2.05, 4.69) is 26.8 Å². The van der Waals surface area contributed by atoms with Crippen LogP contribution in [0.4, 0.5) is 0 Å². The Balaban J connectivity index is 2.57. The number of hydrogen-bond donors (Lipinski definition) is 1. The van der Waals surface area contributed by atoms with Crippen molar-refractivity contribution in [1.29, 1.82) is 0 Å². The molecule has 0 unspecified atom stereocenters. The van der Waals surface area contributed by atoms with Gasteiger partial charge in [0.05, 0.1) is 0 Å². The van der Waals surface area contributed by atoms with Gasteiger partial charge in [-0.05, 0) is 57.0 Å². The first-order valence-corrected chi connectivity index (χ1v) is 7.34. The van der Waals surface area contributed by atoms with Crippen LogP contribution in [0.5, 0.6) is 5.75 Å². The topological polar surface area (TPSA) is 49.8 Å². The summed E-state index contributed by atoms with van der Waals surface area (Å²) >= 11 is 0. The van der Waals surface area contributed by atoms with Crippen molar-refractivity contribution < 1.29 is 14.6 Å². The van der Waals surface area contributed by atoms with Crippen molar-refractivity contribution in [2.45, 2.75) is 46.1 Å². The highest BCUT2D eigenvalue weighted by Crippen LogP contribution is 2.23. The lowest BCUT2D eigenvalue weighted by atomic mass is 9.98. The van der Waals surface area contributed by atoms with Crippen LogP contribution in [0.3, 0.4) is 0 Å². The van der Waals surface area contributed by atoms with Crippen molar-refractivity contribution in [3.05, 3.63) is 29.3 Å². The quantitative estimate of drug-likeness (QED) is 0.838. The zero-order chi connectivity index (χ0) is 16.2. The normalized spacial score (nSPS) is 12.0. The van der Waals surface area contributed by atoms with Gasteiger partial charge in [-0.25, -0.2) is 0 Å². The third-order valence-electron chi connectivity index (χ3n) is 4.04. The zero-order valence-electron chi connectivity index (χ0n) is 13.9. The van der Waals surface area contributed by atoms with E-state index in [4.69, 9.17) is 9.84 Å². The first-order chi connectivity index (χ1) is 9.66. The molecule has 0 spiro atoms. The number of rotatable bonds is 7. The number of aliphatic carboxylic acids is 1. The van der Waals surface area contributed by atoms with Crippen LogP contribution in [0, 0.1) is 6.92 Å². The maximum absolute atomic E-state index is 11.2. The number of benzene rings is 1. The minimum absolute atomic E-state index is 0.466. The molecule has 0 bridgehead atoms. The van der Waals surface area contributed by atoms with Crippen molar-refractivity contribution in [1.82, 2.24) is 4.90 Å². The number of hydrogen-bond acceptors (Lipinski definition) is 3. The molecule has 1 rings (SSSR count). The summed E-state index contributed by atoms with van der Waals surface area (Å²) in [5, 5.41) is 9.16. The molecular weight excluding hydrogens is 266 g/mol. The molecule has 0 heterocycles. The highest BCUT2D eigenvalue weighted by atomic mass is 16.5. The van der Waals surface area contributed by atoms with E-state index in [-0.39, 0.29) is 0 Å². The van der Waals surface area contributed by atoms with Gasteiger partial charge in [-0.1, -0.05) is 19.9 Å². The summed E-state index contributed by atoms with van der Waals surface area (Å²) < 4.78 is 5.73. The molecule has 0 saturated heterocycles. The number of aryl methyl sites for hydroxylation is 1. The van der Waals surface area contributed by atoms with Crippen LogP contribution < -0.4 is 4.74 Å². The molecule has 0 aliphatic carbocycles. The largest absolute Gasteiger partial charge is 0.492 e. The van der Waals surface area contributed by atoms with Crippen LogP contribution in [0.25, 0.3) is 0 Å². The lowest BCUT2D eigenvalue weighted by Crippen LogP contribution is -2.49. The number of carboxylic acid groups (broad SMARTS) is 1. The van der Waals surface area contributed by atoms with Gasteiger partial charge < -0.3 is 9.84 Å². The standard InChI is InChI=1S/C17H27NO3/c1-12(2)15-8-7-14(11-13(15)3)21-10-9-18(6)17(4,5)16(19)20/h7-8,11-12H,9-10H2,1-6H3,(H,19,20). The van der Waals surface area contributed by atoms with Crippen LogP contribution in [-0.4, -0.2) is 41.7 Å². The second-order valence-corrected chi connectivity index (χ2v) is 6.31. The number of nitrogens with zero attached hydrogens (tertiary/aromatic N) is 1. The van der Waals surface area contributed by atoms with E-state index in [0.717, 1.165) is 5.75 Å². The second kappa shape index (κ2) is 6.94. The molecule has 1 N–H and O–H groups in total. The van der Waals surface area contributed by atoms with Crippen LogP contribution in [-0.2, 0) is 4.79 Å². The Morgan fingerprint density at radius 2 is 2.00 bits per heavy atom. The third kappa shape index (κ3) is 4.46. The van der Waals surface area contributed by atoms with Crippen molar-refractivity contribution in [3.8, 4) is 5.75 Å². The average Bonchev–Trinajstić information content (AvgIpc) is 2.37. The Morgan fingerprint density at radius 3 is 2.48 bits per heavy atom. The molecule has 118 valence electrons. The van der Waals surface area contributed by atoms with Crippen LogP contribution in [0.15, 0.2) is 18.2 Å². The molecule has 0 saturated carbocycles. The van der Waals surface area contributed by atoms with E-state index in [1.54, 1.807) is 25.8 Å². The van der Waals surface area contributed by atoms with E-state index in [1.165, 1.54) is 11.1 Å². The maximum atomic E-state index is 11.2. The predicted octanol–water partition coefficient (Wildman–Crippen LogP) is 3.29. The van der Waals surface area contributed by atoms with E-state index >= 15 is 0 Å². The van der Waals surface area contributed by atoms with Gasteiger partial charge in [0.1, 0.15) is 17.9 Å². The summed E-state index contributed by atoms with van der Waals surface area (Å²) in [7, 11) is 1.80. The fourth-order valence-corrected chi connectivity index (χ4v) is 2.13. The zero-order valence-corrected chi connectivity index (χ0v) is 13.9. The first kappa shape index (κ1) is 17.5. The highest BCUT2D eigenvalue weighted by molar-refractivity contribution is 5.77. The lowest BCUT2D eigenvalue weighted by Gasteiger charge is -2.31. The summed E-state index contributed by atoms with van der Waals surface area (Å²) in [5.41, 5.74) is 1.66. The number of ether oxygens (including phenoxy) is 1. The molecule has 4 nitrogen and oxygen atoms in total. The van der Waals surface area contributed by atoms with Gasteiger partial charge in [0, 0.05) is 6.54 Å². The highest BCUT2D eigenvalue weighted by Gasteiger charge is 2.31. The molecule has 1 aromatic carbocycles. The molecule has 21 heavy (non-hydrogen) atoms. The Bertz CT molecular complexity index is 495. The minimum atomic E-state index is -0.888. The molecule has 0 aromatic heterocycles. The first-order valence-electron chi connectivity index (χ1n) is 7.34. The molecule has 0 aliphatic heterocycles. The molecule has 0 atom stereocenters. The monoisotopic (exact) mass is 293 g/mol. The van der Waals surface area contributed by atoms with Gasteiger partial charge in [-0.2, -0.15) is 0 Å². The Labute approximate surface area is 127 Å². The molecule has 0 amide bonds. The lowest BCUT2D eigenvalue weighted by molar-refractivity contribution is -0.148. The van der Waals surface area contributed by atoms with Crippen LogP contribution in [0.2, 0.25) is 0 Å². The summed E-state index contributed by atoms with van der Waals surface area (Å²) in [6.45, 7) is 10.8. The smallest absolute Gasteiger partial charge is 0.323 e. The van der Waals surface area contributed by atoms with Gasteiger partial charge in [0.25, 0.3) is 0 Å². The molecule has 0 aliphatic rings. The molecule has 0 fully saturated rings. The molecule has 4 heteroatoms. The van der Waals surface area contributed by atoms with Gasteiger partial charge in [-0.15, -0.1) is 0 Å². The SMILES string of the molecule is Cc1cc(OCCN(C)C(C)(C)C(=O)O)ccc1C(C)C. The van der Waals surface area contributed by atoms with Crippen LogP contribution >= 0.6 is 0 Å². The van der Waals surface area contributed by atoms with Crippen LogP contribution in [0.1, 0.15) is 44.7 Å². The number of carbonyl (C=O) groups is 1. The van der Waals surface area contributed by atoms with E-state index in [9.17, 15) is 4.79 Å². The number of carboxylic acids is 1. The van der Waals surface area contributed by atoms with Crippen molar-refractivity contribution >= 4 is 5.97 Å². The Hall–Kier alpha value is -1.55. The summed E-state index contributed by atoms with van der Waals surface area (Å²) in [4.78, 5) is 12.9. The Kier molecular flexibility index (Phi) is 5.78. The van der Waals surface area contributed by atoms with Crippen molar-refractivity contribution in [2.24, 2.45) is 0 Å². The van der Waals surface area contributed by atoms with Gasteiger partial charge in [0.2, 0.25) is 0 Å². The molecular formula is C17H27NO3. The van der Waals surface area contributed by atoms with Gasteiger partial charge >= 0.3 is 5.97 Å².